The SMILES string of the molecule is Cc1nc(-c2cccc(OC(F)F)c2)cs1. The average molecular weight is 241 g/mol. The molecule has 1 heterocycles. The lowest BCUT2D eigenvalue weighted by molar-refractivity contribution is -0.0498. The maximum Gasteiger partial charge on any atom is 0.387 e. The first-order valence-corrected chi connectivity index (χ1v) is 5.50. The second-order valence-electron chi connectivity index (χ2n) is 3.16. The topological polar surface area (TPSA) is 22.1 Å². The fraction of sp³-hybridized carbons (Fsp3) is 0.182. The zero-order valence-electron chi connectivity index (χ0n) is 8.48. The normalized spacial score (nSPS) is 10.8. The van der Waals surface area contributed by atoms with Crippen LogP contribution in [0.5, 0.6) is 5.75 Å². The molecule has 0 spiro atoms. The molecule has 0 aliphatic heterocycles. The van der Waals surface area contributed by atoms with Gasteiger partial charge in [-0.2, -0.15) is 8.78 Å². The van der Waals surface area contributed by atoms with Crippen molar-refractivity contribution < 1.29 is 13.5 Å². The second-order valence-corrected chi connectivity index (χ2v) is 4.22. The van der Waals surface area contributed by atoms with E-state index in [2.05, 4.69) is 9.72 Å². The molecule has 1 aromatic carbocycles. The summed E-state index contributed by atoms with van der Waals surface area (Å²) in [5, 5.41) is 2.83. The minimum absolute atomic E-state index is 0.151. The summed E-state index contributed by atoms with van der Waals surface area (Å²) in [6, 6.07) is 6.53. The lowest BCUT2D eigenvalue weighted by atomic mass is 10.2. The van der Waals surface area contributed by atoms with Crippen molar-refractivity contribution >= 4 is 11.3 Å². The minimum Gasteiger partial charge on any atom is -0.435 e. The number of nitrogens with zero attached hydrogens (tertiary/aromatic N) is 1. The molecule has 0 bridgehead atoms. The number of ether oxygens (including phenoxy) is 1. The van der Waals surface area contributed by atoms with Gasteiger partial charge in [0.25, 0.3) is 0 Å². The molecule has 0 amide bonds. The molecule has 84 valence electrons. The van der Waals surface area contributed by atoms with Crippen molar-refractivity contribution in [2.24, 2.45) is 0 Å². The van der Waals surface area contributed by atoms with Crippen LogP contribution in [0, 0.1) is 6.92 Å². The van der Waals surface area contributed by atoms with Gasteiger partial charge in [0, 0.05) is 10.9 Å². The molecule has 0 atom stereocenters. The minimum atomic E-state index is -2.80. The molecule has 0 aliphatic rings. The van der Waals surface area contributed by atoms with Crippen molar-refractivity contribution in [1.29, 1.82) is 0 Å². The highest BCUT2D eigenvalue weighted by Gasteiger charge is 2.07. The van der Waals surface area contributed by atoms with Gasteiger partial charge >= 0.3 is 6.61 Å². The van der Waals surface area contributed by atoms with Crippen molar-refractivity contribution in [3.8, 4) is 17.0 Å². The van der Waals surface area contributed by atoms with Gasteiger partial charge < -0.3 is 4.74 Å². The lowest BCUT2D eigenvalue weighted by Gasteiger charge is -2.05. The summed E-state index contributed by atoms with van der Waals surface area (Å²) in [6.07, 6.45) is 0. The molecule has 1 aromatic heterocycles. The summed E-state index contributed by atoms with van der Waals surface area (Å²) < 4.78 is 28.4. The largest absolute Gasteiger partial charge is 0.435 e. The number of benzene rings is 1. The third-order valence-corrected chi connectivity index (χ3v) is 2.75. The van der Waals surface area contributed by atoms with Gasteiger partial charge in [-0.3, -0.25) is 0 Å². The number of rotatable bonds is 3. The van der Waals surface area contributed by atoms with E-state index in [0.29, 0.717) is 0 Å². The number of thiazole rings is 1. The molecule has 0 saturated heterocycles. The first kappa shape index (κ1) is 11.0. The molecule has 2 nitrogen and oxygen atoms in total. The van der Waals surface area contributed by atoms with E-state index in [1.54, 1.807) is 12.1 Å². The van der Waals surface area contributed by atoms with Gasteiger partial charge in [0.05, 0.1) is 10.7 Å². The summed E-state index contributed by atoms with van der Waals surface area (Å²) in [6.45, 7) is -0.902. The third-order valence-electron chi connectivity index (χ3n) is 1.97. The Morgan fingerprint density at radius 3 is 2.81 bits per heavy atom. The van der Waals surface area contributed by atoms with Crippen molar-refractivity contribution in [3.63, 3.8) is 0 Å². The van der Waals surface area contributed by atoms with Crippen LogP contribution in [0.3, 0.4) is 0 Å². The first-order chi connectivity index (χ1) is 7.65. The smallest absolute Gasteiger partial charge is 0.387 e. The monoisotopic (exact) mass is 241 g/mol. The number of alkyl halides is 2. The van der Waals surface area contributed by atoms with E-state index >= 15 is 0 Å². The number of hydrogen-bond donors (Lipinski definition) is 0. The molecule has 0 fully saturated rings. The van der Waals surface area contributed by atoms with Crippen molar-refractivity contribution in [1.82, 2.24) is 4.98 Å². The Morgan fingerprint density at radius 2 is 2.19 bits per heavy atom. The summed E-state index contributed by atoms with van der Waals surface area (Å²) >= 11 is 1.52. The first-order valence-electron chi connectivity index (χ1n) is 4.62. The molecule has 2 aromatic rings. The van der Waals surface area contributed by atoms with Crippen LogP contribution in [0.1, 0.15) is 5.01 Å². The van der Waals surface area contributed by atoms with Crippen LogP contribution < -0.4 is 4.74 Å². The average Bonchev–Trinajstić information content (AvgIpc) is 2.64. The highest BCUT2D eigenvalue weighted by Crippen LogP contribution is 2.25. The highest BCUT2D eigenvalue weighted by atomic mass is 32.1. The summed E-state index contributed by atoms with van der Waals surface area (Å²) in [5.41, 5.74) is 1.56. The summed E-state index contributed by atoms with van der Waals surface area (Å²) in [4.78, 5) is 4.28. The van der Waals surface area contributed by atoms with Gasteiger partial charge in [-0.1, -0.05) is 12.1 Å². The molecular weight excluding hydrogens is 232 g/mol. The zero-order chi connectivity index (χ0) is 11.5. The van der Waals surface area contributed by atoms with E-state index in [4.69, 9.17) is 0 Å². The molecule has 0 aliphatic carbocycles. The van der Waals surface area contributed by atoms with Gasteiger partial charge in [-0.15, -0.1) is 11.3 Å². The van der Waals surface area contributed by atoms with Gasteiger partial charge in [0.2, 0.25) is 0 Å². The Labute approximate surface area is 95.5 Å². The van der Waals surface area contributed by atoms with Gasteiger partial charge in [-0.05, 0) is 19.1 Å². The van der Waals surface area contributed by atoms with Crippen LogP contribution in [0.25, 0.3) is 11.3 Å². The van der Waals surface area contributed by atoms with Crippen LogP contribution in [-0.4, -0.2) is 11.6 Å². The number of hydrogen-bond acceptors (Lipinski definition) is 3. The summed E-state index contributed by atoms with van der Waals surface area (Å²) in [5.74, 6) is 0.151. The van der Waals surface area contributed by atoms with Crippen molar-refractivity contribution in [3.05, 3.63) is 34.7 Å². The predicted molar refractivity (Wildman–Crippen MR) is 58.9 cm³/mol. The Kier molecular flexibility index (Phi) is 3.14. The maximum absolute atomic E-state index is 12.0. The van der Waals surface area contributed by atoms with E-state index in [1.165, 1.54) is 17.4 Å². The fourth-order valence-electron chi connectivity index (χ4n) is 1.33. The maximum atomic E-state index is 12.0. The molecule has 16 heavy (non-hydrogen) atoms. The predicted octanol–water partition coefficient (Wildman–Crippen LogP) is 3.72. The van der Waals surface area contributed by atoms with Crippen LogP contribution in [0.2, 0.25) is 0 Å². The van der Waals surface area contributed by atoms with Crippen LogP contribution >= 0.6 is 11.3 Å². The van der Waals surface area contributed by atoms with Crippen molar-refractivity contribution in [2.75, 3.05) is 0 Å². The van der Waals surface area contributed by atoms with E-state index in [9.17, 15) is 8.78 Å². The molecule has 0 N–H and O–H groups in total. The molecular formula is C11H9F2NOS. The Bertz CT molecular complexity index is 484. The second kappa shape index (κ2) is 4.57. The Balaban J connectivity index is 2.28. The Morgan fingerprint density at radius 1 is 1.38 bits per heavy atom. The lowest BCUT2D eigenvalue weighted by Crippen LogP contribution is -2.01. The number of aryl methyl sites for hydroxylation is 1. The van der Waals surface area contributed by atoms with E-state index in [1.807, 2.05) is 18.4 Å². The quantitative estimate of drug-likeness (QED) is 0.817. The van der Waals surface area contributed by atoms with Gasteiger partial charge in [0.1, 0.15) is 5.75 Å². The van der Waals surface area contributed by atoms with Crippen molar-refractivity contribution in [2.45, 2.75) is 13.5 Å². The van der Waals surface area contributed by atoms with Crippen LogP contribution in [0.4, 0.5) is 8.78 Å². The number of aromatic nitrogens is 1. The number of halogens is 2. The van der Waals surface area contributed by atoms with Gasteiger partial charge in [-0.25, -0.2) is 4.98 Å². The molecule has 0 saturated carbocycles. The van der Waals surface area contributed by atoms with E-state index in [-0.39, 0.29) is 5.75 Å². The zero-order valence-corrected chi connectivity index (χ0v) is 9.30. The standard InChI is InChI=1S/C11H9F2NOS/c1-7-14-10(6-16-7)8-3-2-4-9(5-8)15-11(12)13/h2-6,11H,1H3. The molecule has 2 rings (SSSR count). The molecule has 0 unspecified atom stereocenters. The molecule has 0 radical (unpaired) electrons. The fourth-order valence-corrected chi connectivity index (χ4v) is 1.95. The van der Waals surface area contributed by atoms with Crippen LogP contribution in [0.15, 0.2) is 29.6 Å². The van der Waals surface area contributed by atoms with E-state index in [0.717, 1.165) is 16.3 Å². The molecule has 5 heteroatoms. The highest BCUT2D eigenvalue weighted by molar-refractivity contribution is 7.09. The van der Waals surface area contributed by atoms with Gasteiger partial charge in [0.15, 0.2) is 0 Å². The Hall–Kier alpha value is -1.49. The third kappa shape index (κ3) is 2.55. The van der Waals surface area contributed by atoms with E-state index < -0.39 is 6.61 Å². The van der Waals surface area contributed by atoms with Crippen LogP contribution in [-0.2, 0) is 0 Å². The summed E-state index contributed by atoms with van der Waals surface area (Å²) in [7, 11) is 0.